The van der Waals surface area contributed by atoms with Gasteiger partial charge < -0.3 is 10.6 Å². The van der Waals surface area contributed by atoms with Crippen molar-refractivity contribution in [3.63, 3.8) is 0 Å². The van der Waals surface area contributed by atoms with Gasteiger partial charge in [0.1, 0.15) is 6.54 Å². The second kappa shape index (κ2) is 8.15. The first-order chi connectivity index (χ1) is 12.5. The molecule has 11 heteroatoms. The minimum atomic E-state index is -4.60. The monoisotopic (exact) mass is 397 g/mol. The van der Waals surface area contributed by atoms with Crippen molar-refractivity contribution >= 4 is 11.8 Å². The van der Waals surface area contributed by atoms with Crippen LogP contribution in [0, 0.1) is 0 Å². The number of carbonyl (C=O) groups excluding carboxylic acids is 2. The average molecular weight is 397 g/mol. The highest BCUT2D eigenvalue weighted by molar-refractivity contribution is 5.88. The van der Waals surface area contributed by atoms with E-state index in [4.69, 9.17) is 0 Å². The van der Waals surface area contributed by atoms with Gasteiger partial charge in [-0.2, -0.15) is 26.3 Å². The number of carbonyl (C=O) groups is 2. The summed E-state index contributed by atoms with van der Waals surface area (Å²) in [5.41, 5.74) is -0.948. The topological polar surface area (TPSA) is 61.4 Å². The number of hydrogen-bond acceptors (Lipinski definition) is 3. The Balaban J connectivity index is 2.13. The van der Waals surface area contributed by atoms with Crippen molar-refractivity contribution in [2.24, 2.45) is 0 Å². The lowest BCUT2D eigenvalue weighted by Crippen LogP contribution is -2.56. The molecule has 27 heavy (non-hydrogen) atoms. The van der Waals surface area contributed by atoms with E-state index >= 15 is 0 Å². The fraction of sp³-hybridized carbons (Fsp3) is 0.500. The van der Waals surface area contributed by atoms with E-state index < -0.39 is 48.7 Å². The fourth-order valence-corrected chi connectivity index (χ4v) is 2.77. The Labute approximate surface area is 150 Å². The predicted octanol–water partition coefficient (Wildman–Crippen LogP) is 2.07. The highest BCUT2D eigenvalue weighted by Gasteiger charge is 2.36. The third-order valence-corrected chi connectivity index (χ3v) is 4.00. The van der Waals surface area contributed by atoms with Gasteiger partial charge >= 0.3 is 12.4 Å². The van der Waals surface area contributed by atoms with Crippen molar-refractivity contribution in [3.05, 3.63) is 35.4 Å². The van der Waals surface area contributed by atoms with Gasteiger partial charge in [-0.25, -0.2) is 0 Å². The maximum Gasteiger partial charge on any atom is 0.416 e. The van der Waals surface area contributed by atoms with Gasteiger partial charge in [-0.15, -0.1) is 0 Å². The van der Waals surface area contributed by atoms with Gasteiger partial charge in [-0.05, 0) is 11.6 Å². The maximum absolute atomic E-state index is 13.1. The normalized spacial score (nSPS) is 18.9. The number of rotatable bonds is 5. The number of nitrogens with one attached hydrogen (secondary N) is 2. The number of benzene rings is 1. The summed E-state index contributed by atoms with van der Waals surface area (Å²) in [5.74, 6) is -1.63. The Morgan fingerprint density at radius 3 is 2.48 bits per heavy atom. The van der Waals surface area contributed by atoms with Crippen LogP contribution in [0.4, 0.5) is 26.3 Å². The van der Waals surface area contributed by atoms with Gasteiger partial charge in [-0.1, -0.05) is 18.2 Å². The number of halogens is 6. The molecule has 1 aromatic rings. The summed E-state index contributed by atoms with van der Waals surface area (Å²) in [6.07, 6.45) is -9.78. The highest BCUT2D eigenvalue weighted by atomic mass is 19.4. The first kappa shape index (κ1) is 21.0. The molecule has 1 atom stereocenters. The van der Waals surface area contributed by atoms with Crippen LogP contribution in [0.1, 0.15) is 17.5 Å². The molecule has 2 N–H and O–H groups in total. The van der Waals surface area contributed by atoms with Crippen LogP contribution in [-0.4, -0.2) is 48.6 Å². The van der Waals surface area contributed by atoms with Crippen molar-refractivity contribution in [2.75, 3.05) is 19.6 Å². The Bertz CT molecular complexity index is 689. The third-order valence-electron chi connectivity index (χ3n) is 4.00. The SMILES string of the molecule is O=C(CC1C(=O)NCCN1Cc1ccccc1C(F)(F)F)NCC(F)(F)F. The van der Waals surface area contributed by atoms with Gasteiger partial charge in [0.25, 0.3) is 0 Å². The van der Waals surface area contributed by atoms with E-state index in [1.165, 1.54) is 23.1 Å². The molecule has 1 fully saturated rings. The largest absolute Gasteiger partial charge is 0.416 e. The summed E-state index contributed by atoms with van der Waals surface area (Å²) in [4.78, 5) is 25.1. The van der Waals surface area contributed by atoms with Crippen LogP contribution in [0.2, 0.25) is 0 Å². The molecule has 1 aromatic carbocycles. The Hall–Kier alpha value is -2.30. The van der Waals surface area contributed by atoms with Crippen molar-refractivity contribution in [1.82, 2.24) is 15.5 Å². The maximum atomic E-state index is 13.1. The molecule has 1 saturated heterocycles. The first-order valence-electron chi connectivity index (χ1n) is 7.97. The Kier molecular flexibility index (Phi) is 6.34. The van der Waals surface area contributed by atoms with E-state index in [0.717, 1.165) is 6.07 Å². The van der Waals surface area contributed by atoms with Gasteiger partial charge in [0, 0.05) is 19.6 Å². The summed E-state index contributed by atoms with van der Waals surface area (Å²) < 4.78 is 75.9. The standard InChI is InChI=1S/C16H17F6N3O2/c17-15(18,19)9-24-13(26)7-12-14(27)23-5-6-25(12)8-10-3-1-2-4-11(10)16(20,21)22/h1-4,12H,5-9H2,(H,23,27)(H,24,26). The van der Waals surface area contributed by atoms with Gasteiger partial charge in [0.15, 0.2) is 0 Å². The molecule has 0 bridgehead atoms. The van der Waals surface area contributed by atoms with Crippen LogP contribution in [0.25, 0.3) is 0 Å². The molecule has 1 aliphatic rings. The van der Waals surface area contributed by atoms with Crippen LogP contribution in [0.5, 0.6) is 0 Å². The molecule has 1 aliphatic heterocycles. The minimum Gasteiger partial charge on any atom is -0.353 e. The lowest BCUT2D eigenvalue weighted by molar-refractivity contribution is -0.141. The van der Waals surface area contributed by atoms with Crippen molar-refractivity contribution in [1.29, 1.82) is 0 Å². The van der Waals surface area contributed by atoms with Crippen LogP contribution in [-0.2, 0) is 22.3 Å². The van der Waals surface area contributed by atoms with E-state index in [1.54, 1.807) is 5.32 Å². The van der Waals surface area contributed by atoms with Gasteiger partial charge in [0.05, 0.1) is 18.0 Å². The minimum absolute atomic E-state index is 0.0830. The molecule has 0 radical (unpaired) electrons. The van der Waals surface area contributed by atoms with Gasteiger partial charge in [0.2, 0.25) is 11.8 Å². The molecule has 2 amide bonds. The number of piperazine rings is 1. The molecule has 0 aliphatic carbocycles. The quantitative estimate of drug-likeness (QED) is 0.748. The summed E-state index contributed by atoms with van der Waals surface area (Å²) in [5, 5.41) is 4.13. The predicted molar refractivity (Wildman–Crippen MR) is 82.3 cm³/mol. The van der Waals surface area contributed by atoms with Crippen LogP contribution < -0.4 is 10.6 Å². The van der Waals surface area contributed by atoms with E-state index in [0.29, 0.717) is 0 Å². The van der Waals surface area contributed by atoms with Crippen molar-refractivity contribution in [2.45, 2.75) is 31.4 Å². The second-order valence-corrected chi connectivity index (χ2v) is 6.03. The molecule has 5 nitrogen and oxygen atoms in total. The van der Waals surface area contributed by atoms with Crippen molar-refractivity contribution < 1.29 is 35.9 Å². The Morgan fingerprint density at radius 2 is 1.85 bits per heavy atom. The number of hydrogen-bond donors (Lipinski definition) is 2. The van der Waals surface area contributed by atoms with Crippen LogP contribution in [0.15, 0.2) is 24.3 Å². The molecule has 0 aromatic heterocycles. The molecular weight excluding hydrogens is 380 g/mol. The molecule has 150 valence electrons. The zero-order chi connectivity index (χ0) is 20.2. The molecular formula is C16H17F6N3O2. The third kappa shape index (κ3) is 6.12. The number of nitrogens with zero attached hydrogens (tertiary/aromatic N) is 1. The van der Waals surface area contributed by atoms with Crippen molar-refractivity contribution in [3.8, 4) is 0 Å². The average Bonchev–Trinajstić information content (AvgIpc) is 2.55. The second-order valence-electron chi connectivity index (χ2n) is 6.03. The van der Waals surface area contributed by atoms with E-state index in [2.05, 4.69) is 5.32 Å². The lowest BCUT2D eigenvalue weighted by atomic mass is 10.0. The molecule has 1 heterocycles. The zero-order valence-electron chi connectivity index (χ0n) is 14.0. The highest BCUT2D eigenvalue weighted by Crippen LogP contribution is 2.32. The number of amides is 2. The van der Waals surface area contributed by atoms with Crippen LogP contribution in [0.3, 0.4) is 0 Å². The molecule has 1 unspecified atom stereocenters. The van der Waals surface area contributed by atoms with Gasteiger partial charge in [-0.3, -0.25) is 14.5 Å². The summed E-state index contributed by atoms with van der Waals surface area (Å²) in [7, 11) is 0. The zero-order valence-corrected chi connectivity index (χ0v) is 14.0. The lowest BCUT2D eigenvalue weighted by Gasteiger charge is -2.35. The number of alkyl halides is 6. The molecule has 0 spiro atoms. The van der Waals surface area contributed by atoms with E-state index in [9.17, 15) is 35.9 Å². The summed E-state index contributed by atoms with van der Waals surface area (Å²) in [6, 6.07) is 3.66. The van der Waals surface area contributed by atoms with E-state index in [-0.39, 0.29) is 25.2 Å². The Morgan fingerprint density at radius 1 is 1.19 bits per heavy atom. The van der Waals surface area contributed by atoms with Crippen LogP contribution >= 0.6 is 0 Å². The molecule has 0 saturated carbocycles. The summed E-state index contributed by atoms with van der Waals surface area (Å²) >= 11 is 0. The van der Waals surface area contributed by atoms with E-state index in [1.807, 2.05) is 0 Å². The first-order valence-corrected chi connectivity index (χ1v) is 7.97. The molecule has 2 rings (SSSR count). The fourth-order valence-electron chi connectivity index (χ4n) is 2.77. The smallest absolute Gasteiger partial charge is 0.353 e. The summed E-state index contributed by atoms with van der Waals surface area (Å²) in [6.45, 7) is -1.49.